The lowest BCUT2D eigenvalue weighted by Crippen LogP contribution is -2.46. The minimum atomic E-state index is -0.570. The van der Waals surface area contributed by atoms with Crippen LogP contribution in [-0.4, -0.2) is 58.6 Å². The molecule has 0 unspecified atom stereocenters. The van der Waals surface area contributed by atoms with E-state index in [0.29, 0.717) is 29.7 Å². The van der Waals surface area contributed by atoms with E-state index in [4.69, 9.17) is 15.5 Å². The standard InChI is InChI=1S/C27H30FN7O2/c1-16(2)35-15-20(17-5-4-6-19(13-17)37-3)23-24(29)32-27(33-25(23)35)31-22-8-7-18(14-21(22)28)26(36)34-11-9-30-10-12-34/h4-8,13-16,30H,9-12H2,1-3H3,(H3,29,31,32,33). The smallest absolute Gasteiger partial charge is 0.254 e. The van der Waals surface area contributed by atoms with E-state index in [1.54, 1.807) is 18.1 Å². The highest BCUT2D eigenvalue weighted by Crippen LogP contribution is 2.36. The van der Waals surface area contributed by atoms with Crippen molar-refractivity contribution in [3.8, 4) is 16.9 Å². The van der Waals surface area contributed by atoms with Gasteiger partial charge in [0.05, 0.1) is 18.2 Å². The number of ether oxygens (including phenoxy) is 1. The van der Waals surface area contributed by atoms with E-state index in [1.807, 2.05) is 48.9 Å². The first kappa shape index (κ1) is 24.5. The van der Waals surface area contributed by atoms with Crippen LogP contribution in [0.1, 0.15) is 30.2 Å². The average molecular weight is 504 g/mol. The molecule has 2 aromatic carbocycles. The molecule has 0 bridgehead atoms. The molecule has 1 fully saturated rings. The first-order valence-electron chi connectivity index (χ1n) is 12.2. The lowest BCUT2D eigenvalue weighted by Gasteiger charge is -2.27. The van der Waals surface area contributed by atoms with E-state index in [1.165, 1.54) is 12.1 Å². The number of benzene rings is 2. The summed E-state index contributed by atoms with van der Waals surface area (Å²) < 4.78 is 22.4. The molecule has 10 heteroatoms. The first-order chi connectivity index (χ1) is 17.9. The maximum Gasteiger partial charge on any atom is 0.254 e. The Morgan fingerprint density at radius 1 is 1.16 bits per heavy atom. The van der Waals surface area contributed by atoms with Gasteiger partial charge >= 0.3 is 0 Å². The van der Waals surface area contributed by atoms with E-state index in [0.717, 1.165) is 30.0 Å². The van der Waals surface area contributed by atoms with Gasteiger partial charge in [-0.15, -0.1) is 0 Å². The number of halogens is 1. The maximum atomic E-state index is 15.0. The molecule has 0 saturated carbocycles. The highest BCUT2D eigenvalue weighted by molar-refractivity contribution is 6.01. The van der Waals surface area contributed by atoms with Gasteiger partial charge in [-0.25, -0.2) is 4.39 Å². The van der Waals surface area contributed by atoms with Crippen LogP contribution in [0.3, 0.4) is 0 Å². The highest BCUT2D eigenvalue weighted by atomic mass is 19.1. The molecule has 1 aliphatic rings. The molecule has 0 spiro atoms. The molecule has 0 atom stereocenters. The Bertz CT molecular complexity index is 1460. The van der Waals surface area contributed by atoms with E-state index in [2.05, 4.69) is 15.6 Å². The zero-order chi connectivity index (χ0) is 26.1. The number of hydrogen-bond acceptors (Lipinski definition) is 7. The largest absolute Gasteiger partial charge is 0.497 e. The Kier molecular flexibility index (Phi) is 6.66. The lowest BCUT2D eigenvalue weighted by molar-refractivity contribution is 0.0735. The van der Waals surface area contributed by atoms with E-state index >= 15 is 4.39 Å². The zero-order valence-electron chi connectivity index (χ0n) is 21.1. The molecular formula is C27H30FN7O2. The normalized spacial score (nSPS) is 13.8. The second-order valence-electron chi connectivity index (χ2n) is 9.27. The third-order valence-corrected chi connectivity index (χ3v) is 6.50. The van der Waals surface area contributed by atoms with Crippen LogP contribution in [-0.2, 0) is 0 Å². The van der Waals surface area contributed by atoms with Gasteiger partial charge in [-0.3, -0.25) is 4.79 Å². The molecule has 9 nitrogen and oxygen atoms in total. The lowest BCUT2D eigenvalue weighted by atomic mass is 10.1. The van der Waals surface area contributed by atoms with Crippen LogP contribution >= 0.6 is 0 Å². The van der Waals surface area contributed by atoms with Crippen LogP contribution in [0.25, 0.3) is 22.2 Å². The number of hydrogen-bond donors (Lipinski definition) is 3. The molecule has 0 radical (unpaired) electrons. The van der Waals surface area contributed by atoms with Crippen molar-refractivity contribution < 1.29 is 13.9 Å². The van der Waals surface area contributed by atoms with Gasteiger partial charge < -0.3 is 30.6 Å². The minimum absolute atomic E-state index is 0.0935. The monoisotopic (exact) mass is 503 g/mol. The van der Waals surface area contributed by atoms with Crippen molar-refractivity contribution >= 4 is 34.4 Å². The number of carbonyl (C=O) groups excluding carboxylic acids is 1. The molecule has 1 aliphatic heterocycles. The van der Waals surface area contributed by atoms with Crippen molar-refractivity contribution in [1.29, 1.82) is 0 Å². The molecule has 2 aromatic heterocycles. The van der Waals surface area contributed by atoms with Crippen LogP contribution in [0, 0.1) is 5.82 Å². The van der Waals surface area contributed by atoms with Crippen LogP contribution in [0.2, 0.25) is 0 Å². The molecule has 192 valence electrons. The van der Waals surface area contributed by atoms with Gasteiger partial charge in [0.25, 0.3) is 5.91 Å². The second kappa shape index (κ2) is 10.1. The van der Waals surface area contributed by atoms with Crippen LogP contribution in [0.4, 0.5) is 21.8 Å². The van der Waals surface area contributed by atoms with E-state index in [9.17, 15) is 4.79 Å². The number of rotatable bonds is 6. The molecule has 37 heavy (non-hydrogen) atoms. The summed E-state index contributed by atoms with van der Waals surface area (Å²) in [6, 6.07) is 12.2. The van der Waals surface area contributed by atoms with Gasteiger partial charge in [0.1, 0.15) is 23.0 Å². The SMILES string of the molecule is COc1cccc(-c2cn(C(C)C)c3nc(Nc4ccc(C(=O)N5CCNCC5)cc4F)nc(N)c23)c1. The van der Waals surface area contributed by atoms with Crippen LogP contribution in [0.5, 0.6) is 5.75 Å². The van der Waals surface area contributed by atoms with Crippen molar-refractivity contribution in [2.75, 3.05) is 44.3 Å². The number of anilines is 3. The Morgan fingerprint density at radius 2 is 1.95 bits per heavy atom. The summed E-state index contributed by atoms with van der Waals surface area (Å²) in [6.07, 6.45) is 2.00. The number of nitrogen functional groups attached to an aromatic ring is 1. The van der Waals surface area contributed by atoms with Crippen molar-refractivity contribution in [2.45, 2.75) is 19.9 Å². The summed E-state index contributed by atoms with van der Waals surface area (Å²) in [5.41, 5.74) is 9.34. The highest BCUT2D eigenvalue weighted by Gasteiger charge is 2.21. The quantitative estimate of drug-likeness (QED) is 0.362. The Hall–Kier alpha value is -4.18. The predicted molar refractivity (Wildman–Crippen MR) is 143 cm³/mol. The van der Waals surface area contributed by atoms with Crippen LogP contribution < -0.4 is 21.1 Å². The third kappa shape index (κ3) is 4.79. The number of aromatic nitrogens is 3. The number of carbonyl (C=O) groups is 1. The molecule has 0 aliphatic carbocycles. The molecule has 4 N–H and O–H groups in total. The van der Waals surface area contributed by atoms with Gasteiger partial charge in [0.15, 0.2) is 0 Å². The number of fused-ring (bicyclic) bond motifs is 1. The number of nitrogens with one attached hydrogen (secondary N) is 2. The van der Waals surface area contributed by atoms with Crippen molar-refractivity contribution in [3.63, 3.8) is 0 Å². The third-order valence-electron chi connectivity index (χ3n) is 6.50. The van der Waals surface area contributed by atoms with Gasteiger partial charge in [-0.1, -0.05) is 12.1 Å². The molecule has 5 rings (SSSR count). The zero-order valence-corrected chi connectivity index (χ0v) is 21.1. The van der Waals surface area contributed by atoms with Gasteiger partial charge in [-0.05, 0) is 49.7 Å². The fourth-order valence-electron chi connectivity index (χ4n) is 4.56. The number of amides is 1. The summed E-state index contributed by atoms with van der Waals surface area (Å²) >= 11 is 0. The Balaban J connectivity index is 1.49. The Labute approximate surface area is 214 Å². The Morgan fingerprint density at radius 3 is 2.65 bits per heavy atom. The van der Waals surface area contributed by atoms with E-state index < -0.39 is 5.82 Å². The van der Waals surface area contributed by atoms with Crippen LogP contribution in [0.15, 0.2) is 48.7 Å². The van der Waals surface area contributed by atoms with Crippen molar-refractivity contribution in [2.24, 2.45) is 0 Å². The average Bonchev–Trinajstić information content (AvgIpc) is 3.30. The molecular weight excluding hydrogens is 473 g/mol. The molecule has 1 saturated heterocycles. The van der Waals surface area contributed by atoms with Crippen molar-refractivity contribution in [1.82, 2.24) is 24.8 Å². The number of methoxy groups -OCH3 is 1. The summed E-state index contributed by atoms with van der Waals surface area (Å²) in [4.78, 5) is 23.6. The topological polar surface area (TPSA) is 110 Å². The van der Waals surface area contributed by atoms with E-state index in [-0.39, 0.29) is 29.4 Å². The summed E-state index contributed by atoms with van der Waals surface area (Å²) in [7, 11) is 1.62. The minimum Gasteiger partial charge on any atom is -0.497 e. The number of piperazine rings is 1. The molecule has 1 amide bonds. The number of nitrogens with zero attached hydrogens (tertiary/aromatic N) is 4. The predicted octanol–water partition coefficient (Wildman–Crippen LogP) is 4.20. The van der Waals surface area contributed by atoms with Gasteiger partial charge in [-0.2, -0.15) is 9.97 Å². The molecule has 3 heterocycles. The maximum absolute atomic E-state index is 15.0. The summed E-state index contributed by atoms with van der Waals surface area (Å²) in [6.45, 7) is 6.75. The molecule has 4 aromatic rings. The fourth-order valence-corrected chi connectivity index (χ4v) is 4.56. The first-order valence-corrected chi connectivity index (χ1v) is 12.2. The van der Waals surface area contributed by atoms with Gasteiger partial charge in [0.2, 0.25) is 5.95 Å². The van der Waals surface area contributed by atoms with Gasteiger partial charge in [0, 0.05) is 49.5 Å². The summed E-state index contributed by atoms with van der Waals surface area (Å²) in [5, 5.41) is 6.85. The fraction of sp³-hybridized carbons (Fsp3) is 0.296. The summed E-state index contributed by atoms with van der Waals surface area (Å²) in [5.74, 6) is 0.418. The second-order valence-corrected chi connectivity index (χ2v) is 9.27. The van der Waals surface area contributed by atoms with Crippen molar-refractivity contribution in [3.05, 3.63) is 60.0 Å². The number of nitrogens with two attached hydrogens (primary N) is 1.